The van der Waals surface area contributed by atoms with Crippen LogP contribution in [0.3, 0.4) is 0 Å². The van der Waals surface area contributed by atoms with E-state index < -0.39 is 5.41 Å². The number of ether oxygens (including phenoxy) is 1. The lowest BCUT2D eigenvalue weighted by molar-refractivity contribution is -0.150. The summed E-state index contributed by atoms with van der Waals surface area (Å²) < 4.78 is 10.3. The summed E-state index contributed by atoms with van der Waals surface area (Å²) in [5.41, 5.74) is 0.148. The van der Waals surface area contributed by atoms with Crippen molar-refractivity contribution < 1.29 is 9.53 Å². The molecule has 7 nitrogen and oxygen atoms in total. The molecular weight excluding hydrogens is 266 g/mol. The summed E-state index contributed by atoms with van der Waals surface area (Å²) in [6.45, 7) is 4.24. The lowest BCUT2D eigenvalue weighted by atomic mass is 9.88. The van der Waals surface area contributed by atoms with Crippen molar-refractivity contribution in [2.45, 2.75) is 26.8 Å². The first-order valence-corrected chi connectivity index (χ1v) is 6.52. The first-order chi connectivity index (χ1) is 9.01. The monoisotopic (exact) mass is 281 g/mol. The van der Waals surface area contributed by atoms with Gasteiger partial charge in [-0.05, 0) is 25.4 Å². The molecule has 0 aliphatic rings. The molecule has 0 bridgehead atoms. The quantitative estimate of drug-likeness (QED) is 0.758. The van der Waals surface area contributed by atoms with Crippen LogP contribution in [0.25, 0.3) is 0 Å². The summed E-state index contributed by atoms with van der Waals surface area (Å²) in [5, 5.41) is 11.9. The van der Waals surface area contributed by atoms with E-state index in [0.29, 0.717) is 13.0 Å². The van der Waals surface area contributed by atoms with Gasteiger partial charge in [-0.3, -0.25) is 4.79 Å². The van der Waals surface area contributed by atoms with E-state index in [0.717, 1.165) is 10.6 Å². The molecule has 0 saturated carbocycles. The molecule has 0 spiro atoms. The van der Waals surface area contributed by atoms with E-state index in [2.05, 4.69) is 19.9 Å². The third-order valence-corrected chi connectivity index (χ3v) is 3.32. The number of nitrogens with zero attached hydrogens (tertiary/aromatic N) is 5. The first-order valence-electron chi connectivity index (χ1n) is 5.75. The second kappa shape index (κ2) is 5.43. The lowest BCUT2D eigenvalue weighted by Crippen LogP contribution is -2.28. The Kier molecular flexibility index (Phi) is 3.89. The fourth-order valence-corrected chi connectivity index (χ4v) is 2.20. The third kappa shape index (κ3) is 3.34. The van der Waals surface area contributed by atoms with Gasteiger partial charge in [-0.1, -0.05) is 9.70 Å². The fraction of sp³-hybridized carbons (Fsp3) is 0.545. The normalized spacial score (nSPS) is 11.5. The van der Waals surface area contributed by atoms with E-state index in [-0.39, 0.29) is 5.97 Å². The zero-order valence-corrected chi connectivity index (χ0v) is 11.8. The van der Waals surface area contributed by atoms with Crippen molar-refractivity contribution in [1.82, 2.24) is 24.6 Å². The smallest absolute Gasteiger partial charge is 0.311 e. The van der Waals surface area contributed by atoms with Crippen LogP contribution >= 0.6 is 11.5 Å². The van der Waals surface area contributed by atoms with Crippen LogP contribution < -0.4 is 0 Å². The number of hydrogen-bond donors (Lipinski definition) is 0. The molecule has 0 amide bonds. The molecule has 0 atom stereocenters. The highest BCUT2D eigenvalue weighted by molar-refractivity contribution is 7.05. The van der Waals surface area contributed by atoms with Gasteiger partial charge < -0.3 is 4.74 Å². The van der Waals surface area contributed by atoms with E-state index >= 15 is 0 Å². The number of rotatable bonds is 5. The highest BCUT2D eigenvalue weighted by atomic mass is 32.1. The van der Waals surface area contributed by atoms with Gasteiger partial charge in [0.2, 0.25) is 0 Å². The molecule has 0 fully saturated rings. The van der Waals surface area contributed by atoms with Crippen molar-refractivity contribution in [3.05, 3.63) is 23.0 Å². The Morgan fingerprint density at radius 1 is 1.53 bits per heavy atom. The van der Waals surface area contributed by atoms with Crippen LogP contribution in [0.2, 0.25) is 0 Å². The predicted octanol–water partition coefficient (Wildman–Crippen LogP) is 0.920. The Morgan fingerprint density at radius 2 is 2.32 bits per heavy atom. The molecule has 2 aromatic rings. The van der Waals surface area contributed by atoms with Gasteiger partial charge in [-0.15, -0.1) is 10.2 Å². The Morgan fingerprint density at radius 3 is 2.95 bits per heavy atom. The minimum Gasteiger partial charge on any atom is -0.469 e. The second-order valence-corrected chi connectivity index (χ2v) is 5.71. The molecule has 0 radical (unpaired) electrons. The largest absolute Gasteiger partial charge is 0.469 e. The maximum Gasteiger partial charge on any atom is 0.311 e. The second-order valence-electron chi connectivity index (χ2n) is 4.84. The maximum atomic E-state index is 11.6. The molecule has 2 heterocycles. The maximum absolute atomic E-state index is 11.6. The van der Waals surface area contributed by atoms with E-state index in [9.17, 15) is 4.79 Å². The van der Waals surface area contributed by atoms with E-state index in [1.807, 2.05) is 20.0 Å². The van der Waals surface area contributed by atoms with Gasteiger partial charge in [0, 0.05) is 12.6 Å². The predicted molar refractivity (Wildman–Crippen MR) is 68.5 cm³/mol. The zero-order chi connectivity index (χ0) is 13.9. The van der Waals surface area contributed by atoms with Crippen molar-refractivity contribution in [2.75, 3.05) is 7.11 Å². The van der Waals surface area contributed by atoms with Crippen LogP contribution in [0, 0.1) is 5.41 Å². The first kappa shape index (κ1) is 13.6. The average molecular weight is 281 g/mol. The number of esters is 1. The number of hydrogen-bond acceptors (Lipinski definition) is 7. The van der Waals surface area contributed by atoms with Gasteiger partial charge in [0.15, 0.2) is 0 Å². The number of methoxy groups -OCH3 is 1. The van der Waals surface area contributed by atoms with Gasteiger partial charge in [-0.25, -0.2) is 4.68 Å². The van der Waals surface area contributed by atoms with Crippen LogP contribution in [-0.2, 0) is 22.5 Å². The molecule has 0 aliphatic heterocycles. The van der Waals surface area contributed by atoms with Crippen molar-refractivity contribution >= 4 is 17.5 Å². The summed E-state index contributed by atoms with van der Waals surface area (Å²) in [6.07, 6.45) is 4.01. The van der Waals surface area contributed by atoms with Crippen LogP contribution in [0.15, 0.2) is 12.4 Å². The molecule has 0 unspecified atom stereocenters. The summed E-state index contributed by atoms with van der Waals surface area (Å²) in [5.74, 6) is -0.256. The number of aromatic nitrogens is 5. The fourth-order valence-electron chi connectivity index (χ4n) is 1.71. The molecule has 8 heteroatoms. The molecule has 0 aliphatic carbocycles. The molecular formula is C11H15N5O2S. The lowest BCUT2D eigenvalue weighted by Gasteiger charge is -2.19. The molecule has 2 rings (SSSR count). The SMILES string of the molecule is COC(=O)C(C)(C)Cc1cn(Cc2cnns2)nn1. The molecule has 0 N–H and O–H groups in total. The van der Waals surface area contributed by atoms with Crippen molar-refractivity contribution in [1.29, 1.82) is 0 Å². The van der Waals surface area contributed by atoms with E-state index in [4.69, 9.17) is 4.74 Å². The molecule has 102 valence electrons. The summed E-state index contributed by atoms with van der Waals surface area (Å²) in [4.78, 5) is 12.6. The van der Waals surface area contributed by atoms with Gasteiger partial charge in [-0.2, -0.15) is 0 Å². The van der Waals surface area contributed by atoms with Crippen molar-refractivity contribution in [3.8, 4) is 0 Å². The zero-order valence-electron chi connectivity index (χ0n) is 11.0. The minimum absolute atomic E-state index is 0.256. The van der Waals surface area contributed by atoms with Crippen LogP contribution in [0.4, 0.5) is 0 Å². The number of carbonyl (C=O) groups is 1. The van der Waals surface area contributed by atoms with Crippen LogP contribution in [-0.4, -0.2) is 37.7 Å². The Labute approximate surface area is 114 Å². The van der Waals surface area contributed by atoms with Gasteiger partial charge in [0.25, 0.3) is 0 Å². The van der Waals surface area contributed by atoms with Gasteiger partial charge >= 0.3 is 5.97 Å². The topological polar surface area (TPSA) is 82.8 Å². The Hall–Kier alpha value is -1.83. The van der Waals surface area contributed by atoms with Crippen LogP contribution in [0.1, 0.15) is 24.4 Å². The molecule has 0 saturated heterocycles. The van der Waals surface area contributed by atoms with Crippen LogP contribution in [0.5, 0.6) is 0 Å². The van der Waals surface area contributed by atoms with Gasteiger partial charge in [0.05, 0.1) is 35.8 Å². The van der Waals surface area contributed by atoms with Gasteiger partial charge in [0.1, 0.15) is 0 Å². The minimum atomic E-state index is -0.609. The highest BCUT2D eigenvalue weighted by Crippen LogP contribution is 2.22. The Bertz CT molecular complexity index is 549. The van der Waals surface area contributed by atoms with E-state index in [1.54, 1.807) is 10.9 Å². The number of carbonyl (C=O) groups excluding carboxylic acids is 1. The summed E-state index contributed by atoms with van der Waals surface area (Å²) in [6, 6.07) is 0. The summed E-state index contributed by atoms with van der Waals surface area (Å²) in [7, 11) is 1.39. The highest BCUT2D eigenvalue weighted by Gasteiger charge is 2.30. The standard InChI is InChI=1S/C11H15N5O2S/c1-11(2,10(17)18-3)4-8-6-16(14-13-8)7-9-5-12-15-19-9/h5-6H,4,7H2,1-3H3. The Balaban J connectivity index is 2.03. The molecule has 19 heavy (non-hydrogen) atoms. The third-order valence-electron chi connectivity index (χ3n) is 2.67. The van der Waals surface area contributed by atoms with Crippen molar-refractivity contribution in [2.24, 2.45) is 5.41 Å². The summed E-state index contributed by atoms with van der Waals surface area (Å²) >= 11 is 1.32. The molecule has 0 aromatic carbocycles. The average Bonchev–Trinajstić information content (AvgIpc) is 3.00. The van der Waals surface area contributed by atoms with Crippen molar-refractivity contribution in [3.63, 3.8) is 0 Å². The van der Waals surface area contributed by atoms with E-state index in [1.165, 1.54) is 18.6 Å². The molecule has 2 aromatic heterocycles.